The summed E-state index contributed by atoms with van der Waals surface area (Å²) >= 11 is 7.39. The third-order valence-corrected chi connectivity index (χ3v) is 6.44. The second kappa shape index (κ2) is 8.63. The Morgan fingerprint density at radius 1 is 1.31 bits per heavy atom. The standard InChI is InChI=1S/C21H23ClN4O2S/c1-14(15-7-9-17(22)10-8-15)25(2)19(27)13-29-21-24-23-20(16-5-6-16)26(21)12-18-4-3-11-28-18/h3-4,7-11,14,16H,5-6,12-13H2,1-2H3. The van der Waals surface area contributed by atoms with Crippen molar-refractivity contribution in [3.8, 4) is 0 Å². The number of carbonyl (C=O) groups excluding carboxylic acids is 1. The first-order valence-electron chi connectivity index (χ1n) is 9.62. The molecule has 0 spiro atoms. The summed E-state index contributed by atoms with van der Waals surface area (Å²) in [4.78, 5) is 14.5. The van der Waals surface area contributed by atoms with E-state index in [1.165, 1.54) is 11.8 Å². The van der Waals surface area contributed by atoms with Crippen LogP contribution in [0.3, 0.4) is 0 Å². The van der Waals surface area contributed by atoms with Gasteiger partial charge in [0, 0.05) is 18.0 Å². The fourth-order valence-corrected chi connectivity index (χ4v) is 4.16. The lowest BCUT2D eigenvalue weighted by Crippen LogP contribution is -2.31. The molecule has 1 atom stereocenters. The van der Waals surface area contributed by atoms with E-state index in [0.717, 1.165) is 35.1 Å². The maximum Gasteiger partial charge on any atom is 0.233 e. The maximum absolute atomic E-state index is 12.8. The predicted molar refractivity (Wildman–Crippen MR) is 113 cm³/mol. The van der Waals surface area contributed by atoms with Crippen LogP contribution >= 0.6 is 23.4 Å². The van der Waals surface area contributed by atoms with Gasteiger partial charge in [-0.25, -0.2) is 0 Å². The van der Waals surface area contributed by atoms with Crippen LogP contribution in [0.5, 0.6) is 0 Å². The van der Waals surface area contributed by atoms with Gasteiger partial charge in [0.2, 0.25) is 5.91 Å². The van der Waals surface area contributed by atoms with Gasteiger partial charge in [0.15, 0.2) is 5.16 Å². The Hall–Kier alpha value is -2.25. The second-order valence-corrected chi connectivity index (χ2v) is 8.68. The maximum atomic E-state index is 12.8. The monoisotopic (exact) mass is 430 g/mol. The van der Waals surface area contributed by atoms with E-state index < -0.39 is 0 Å². The van der Waals surface area contributed by atoms with E-state index in [1.54, 1.807) is 11.2 Å². The highest BCUT2D eigenvalue weighted by Crippen LogP contribution is 2.40. The number of carbonyl (C=O) groups is 1. The number of halogens is 1. The van der Waals surface area contributed by atoms with E-state index in [4.69, 9.17) is 16.0 Å². The Morgan fingerprint density at radius 3 is 2.72 bits per heavy atom. The number of aromatic nitrogens is 3. The molecule has 1 aromatic carbocycles. The Bertz CT molecular complexity index is 967. The van der Waals surface area contributed by atoms with Crippen molar-refractivity contribution in [3.63, 3.8) is 0 Å². The summed E-state index contributed by atoms with van der Waals surface area (Å²) in [6, 6.07) is 11.4. The van der Waals surface area contributed by atoms with Gasteiger partial charge in [-0.2, -0.15) is 0 Å². The van der Waals surface area contributed by atoms with Crippen LogP contribution in [0.25, 0.3) is 0 Å². The number of hydrogen-bond acceptors (Lipinski definition) is 5. The highest BCUT2D eigenvalue weighted by Gasteiger charge is 2.31. The van der Waals surface area contributed by atoms with Crippen molar-refractivity contribution in [1.29, 1.82) is 0 Å². The second-order valence-electron chi connectivity index (χ2n) is 7.30. The third-order valence-electron chi connectivity index (χ3n) is 5.23. The van der Waals surface area contributed by atoms with Crippen LogP contribution < -0.4 is 0 Å². The van der Waals surface area contributed by atoms with E-state index >= 15 is 0 Å². The summed E-state index contributed by atoms with van der Waals surface area (Å²) in [7, 11) is 1.82. The molecular formula is C21H23ClN4O2S. The molecule has 1 fully saturated rings. The molecule has 8 heteroatoms. The lowest BCUT2D eigenvalue weighted by molar-refractivity contribution is -0.128. The van der Waals surface area contributed by atoms with Gasteiger partial charge in [-0.15, -0.1) is 10.2 Å². The fraction of sp³-hybridized carbons (Fsp3) is 0.381. The van der Waals surface area contributed by atoms with Gasteiger partial charge in [-0.3, -0.25) is 9.36 Å². The number of nitrogens with zero attached hydrogens (tertiary/aromatic N) is 4. The zero-order valence-electron chi connectivity index (χ0n) is 16.4. The molecular weight excluding hydrogens is 408 g/mol. The van der Waals surface area contributed by atoms with Gasteiger partial charge in [0.05, 0.1) is 24.6 Å². The lowest BCUT2D eigenvalue weighted by Gasteiger charge is -2.25. The largest absolute Gasteiger partial charge is 0.467 e. The SMILES string of the molecule is CC(c1ccc(Cl)cc1)N(C)C(=O)CSc1nnc(C2CC2)n1Cc1ccco1. The van der Waals surface area contributed by atoms with Crippen molar-refractivity contribution in [3.05, 3.63) is 64.8 Å². The van der Waals surface area contributed by atoms with Gasteiger partial charge in [-0.05, 0) is 49.6 Å². The zero-order chi connectivity index (χ0) is 20.4. The summed E-state index contributed by atoms with van der Waals surface area (Å²) < 4.78 is 7.58. The van der Waals surface area contributed by atoms with E-state index in [2.05, 4.69) is 14.8 Å². The summed E-state index contributed by atoms with van der Waals surface area (Å²) in [5.74, 6) is 2.65. The van der Waals surface area contributed by atoms with Gasteiger partial charge in [-0.1, -0.05) is 35.5 Å². The van der Waals surface area contributed by atoms with Crippen LogP contribution in [0, 0.1) is 0 Å². The Morgan fingerprint density at radius 2 is 2.07 bits per heavy atom. The summed E-state index contributed by atoms with van der Waals surface area (Å²) in [6.45, 7) is 2.59. The van der Waals surface area contributed by atoms with Crippen molar-refractivity contribution in [2.75, 3.05) is 12.8 Å². The highest BCUT2D eigenvalue weighted by atomic mass is 35.5. The molecule has 3 aromatic rings. The molecule has 0 radical (unpaired) electrons. The summed E-state index contributed by atoms with van der Waals surface area (Å²) in [6.07, 6.45) is 3.95. The van der Waals surface area contributed by atoms with Crippen LogP contribution in [-0.2, 0) is 11.3 Å². The molecule has 1 saturated carbocycles. The zero-order valence-corrected chi connectivity index (χ0v) is 18.0. The number of hydrogen-bond donors (Lipinski definition) is 0. The first kappa shape index (κ1) is 20.0. The molecule has 2 heterocycles. The summed E-state index contributed by atoms with van der Waals surface area (Å²) in [5.41, 5.74) is 1.05. The number of benzene rings is 1. The molecule has 152 valence electrons. The van der Waals surface area contributed by atoms with Crippen molar-refractivity contribution in [2.24, 2.45) is 0 Å². The van der Waals surface area contributed by atoms with Crippen molar-refractivity contribution >= 4 is 29.3 Å². The average molecular weight is 431 g/mol. The van der Waals surface area contributed by atoms with Crippen LogP contribution in [-0.4, -0.2) is 38.4 Å². The molecule has 1 aliphatic carbocycles. The van der Waals surface area contributed by atoms with E-state index in [-0.39, 0.29) is 11.9 Å². The Kier molecular flexibility index (Phi) is 5.96. The normalized spacial score (nSPS) is 14.7. The molecule has 1 amide bonds. The highest BCUT2D eigenvalue weighted by molar-refractivity contribution is 7.99. The first-order valence-corrected chi connectivity index (χ1v) is 11.0. The quantitative estimate of drug-likeness (QED) is 0.482. The number of amides is 1. The minimum absolute atomic E-state index is 0.0385. The van der Waals surface area contributed by atoms with E-state index in [0.29, 0.717) is 23.2 Å². The van der Waals surface area contributed by atoms with Gasteiger partial charge in [0.1, 0.15) is 11.6 Å². The fourth-order valence-electron chi connectivity index (χ4n) is 3.17. The molecule has 6 nitrogen and oxygen atoms in total. The first-order chi connectivity index (χ1) is 14.0. The smallest absolute Gasteiger partial charge is 0.233 e. The van der Waals surface area contributed by atoms with Gasteiger partial charge >= 0.3 is 0 Å². The number of thioether (sulfide) groups is 1. The Labute approximate surface area is 179 Å². The van der Waals surface area contributed by atoms with Crippen LogP contribution in [0.1, 0.15) is 48.9 Å². The molecule has 0 N–H and O–H groups in total. The Balaban J connectivity index is 1.43. The van der Waals surface area contributed by atoms with Crippen LogP contribution in [0.15, 0.2) is 52.2 Å². The number of furan rings is 1. The molecule has 1 unspecified atom stereocenters. The molecule has 0 aliphatic heterocycles. The van der Waals surface area contributed by atoms with Crippen LogP contribution in [0.2, 0.25) is 5.02 Å². The minimum Gasteiger partial charge on any atom is -0.467 e. The average Bonchev–Trinajstić information content (AvgIpc) is 3.29. The predicted octanol–water partition coefficient (Wildman–Crippen LogP) is 4.76. The molecule has 0 saturated heterocycles. The van der Waals surface area contributed by atoms with E-state index in [1.807, 2.05) is 50.4 Å². The molecule has 1 aliphatic rings. The van der Waals surface area contributed by atoms with Crippen LogP contribution in [0.4, 0.5) is 0 Å². The minimum atomic E-state index is -0.0385. The summed E-state index contributed by atoms with van der Waals surface area (Å²) in [5, 5.41) is 10.2. The van der Waals surface area contributed by atoms with E-state index in [9.17, 15) is 4.79 Å². The van der Waals surface area contributed by atoms with Crippen molar-refractivity contribution in [1.82, 2.24) is 19.7 Å². The molecule has 29 heavy (non-hydrogen) atoms. The number of rotatable bonds is 8. The van der Waals surface area contributed by atoms with Gasteiger partial charge < -0.3 is 9.32 Å². The molecule has 4 rings (SSSR count). The molecule has 0 bridgehead atoms. The molecule has 2 aromatic heterocycles. The van der Waals surface area contributed by atoms with Gasteiger partial charge in [0.25, 0.3) is 0 Å². The van der Waals surface area contributed by atoms with Crippen molar-refractivity contribution in [2.45, 2.75) is 43.4 Å². The van der Waals surface area contributed by atoms with Crippen molar-refractivity contribution < 1.29 is 9.21 Å². The lowest BCUT2D eigenvalue weighted by atomic mass is 10.1. The topological polar surface area (TPSA) is 64.2 Å². The third kappa shape index (κ3) is 4.67.